The molecule has 1 aromatic rings. The van der Waals surface area contributed by atoms with Crippen molar-refractivity contribution in [1.82, 2.24) is 4.31 Å². The van der Waals surface area contributed by atoms with Crippen LogP contribution in [-0.2, 0) is 10.0 Å². The predicted octanol–water partition coefficient (Wildman–Crippen LogP) is 1.57. The molecule has 6 heteroatoms. The van der Waals surface area contributed by atoms with Crippen molar-refractivity contribution >= 4 is 15.7 Å². The van der Waals surface area contributed by atoms with Crippen molar-refractivity contribution in [2.75, 3.05) is 31.2 Å². The van der Waals surface area contributed by atoms with Gasteiger partial charge in [-0.1, -0.05) is 13.8 Å². The fourth-order valence-electron chi connectivity index (χ4n) is 2.26. The van der Waals surface area contributed by atoms with E-state index in [1.807, 2.05) is 0 Å². The molecule has 2 rings (SSSR count). The summed E-state index contributed by atoms with van der Waals surface area (Å²) in [6.45, 7) is 5.57. The molecule has 5 nitrogen and oxygen atoms in total. The highest BCUT2D eigenvalue weighted by atomic mass is 32.2. The number of anilines is 1. The van der Waals surface area contributed by atoms with Crippen LogP contribution in [0.3, 0.4) is 0 Å². The van der Waals surface area contributed by atoms with Gasteiger partial charge < -0.3 is 10.5 Å². The van der Waals surface area contributed by atoms with Crippen LogP contribution in [0, 0.1) is 11.8 Å². The zero-order chi connectivity index (χ0) is 14.8. The number of hydrogen-bond acceptors (Lipinski definition) is 4. The Morgan fingerprint density at radius 2 is 1.75 bits per heavy atom. The lowest BCUT2D eigenvalue weighted by Crippen LogP contribution is -2.33. The number of nitrogens with two attached hydrogens (primary N) is 1. The molecular weight excluding hydrogens is 276 g/mol. The second-order valence-corrected chi connectivity index (χ2v) is 7.59. The normalized spacial score (nSPS) is 23.9. The van der Waals surface area contributed by atoms with Gasteiger partial charge in [-0.05, 0) is 36.1 Å². The molecule has 0 saturated carbocycles. The minimum atomic E-state index is -3.22. The first-order valence-electron chi connectivity index (χ1n) is 6.84. The Morgan fingerprint density at radius 1 is 1.20 bits per heavy atom. The van der Waals surface area contributed by atoms with Crippen LogP contribution < -0.4 is 10.5 Å². The summed E-state index contributed by atoms with van der Waals surface area (Å²) in [7, 11) is -3.22. The molecule has 2 atom stereocenters. The van der Waals surface area contributed by atoms with Crippen molar-refractivity contribution < 1.29 is 13.2 Å². The summed E-state index contributed by atoms with van der Waals surface area (Å²) in [5.41, 5.74) is 6.23. The van der Waals surface area contributed by atoms with Crippen LogP contribution in [0.25, 0.3) is 0 Å². The Balaban J connectivity index is 1.85. The molecule has 2 unspecified atom stereocenters. The summed E-state index contributed by atoms with van der Waals surface area (Å²) in [5, 5.41) is 0. The van der Waals surface area contributed by atoms with Gasteiger partial charge in [-0.25, -0.2) is 12.7 Å². The van der Waals surface area contributed by atoms with Gasteiger partial charge in [0.05, 0.1) is 5.75 Å². The molecule has 1 aliphatic heterocycles. The van der Waals surface area contributed by atoms with Crippen molar-refractivity contribution in [2.24, 2.45) is 11.8 Å². The van der Waals surface area contributed by atoms with Gasteiger partial charge in [-0.2, -0.15) is 0 Å². The molecule has 0 aromatic heterocycles. The molecule has 0 bridgehead atoms. The minimum absolute atomic E-state index is 0.0107. The third kappa shape index (κ3) is 3.64. The van der Waals surface area contributed by atoms with Gasteiger partial charge in [0.2, 0.25) is 10.0 Å². The minimum Gasteiger partial charge on any atom is -0.492 e. The second-order valence-electron chi connectivity index (χ2n) is 5.51. The SMILES string of the molecule is CC1CN(S(=O)(=O)CCOc2ccc(N)cc2)CC1C. The van der Waals surface area contributed by atoms with E-state index in [2.05, 4.69) is 13.8 Å². The van der Waals surface area contributed by atoms with Gasteiger partial charge >= 0.3 is 0 Å². The lowest BCUT2D eigenvalue weighted by Gasteiger charge is -2.16. The van der Waals surface area contributed by atoms with Crippen LogP contribution in [0.4, 0.5) is 5.69 Å². The van der Waals surface area contributed by atoms with E-state index < -0.39 is 10.0 Å². The fourth-order valence-corrected chi connectivity index (χ4v) is 3.74. The first-order valence-corrected chi connectivity index (χ1v) is 8.45. The van der Waals surface area contributed by atoms with Crippen molar-refractivity contribution in [2.45, 2.75) is 13.8 Å². The first kappa shape index (κ1) is 15.1. The molecule has 112 valence electrons. The number of hydrogen-bond donors (Lipinski definition) is 1. The van der Waals surface area contributed by atoms with Crippen LogP contribution in [0.1, 0.15) is 13.8 Å². The van der Waals surface area contributed by atoms with E-state index in [4.69, 9.17) is 10.5 Å². The molecule has 1 saturated heterocycles. The maximum Gasteiger partial charge on any atom is 0.217 e. The number of ether oxygens (including phenoxy) is 1. The predicted molar refractivity (Wildman–Crippen MR) is 80.0 cm³/mol. The Bertz CT molecular complexity index is 532. The molecule has 0 aliphatic carbocycles. The van der Waals surface area contributed by atoms with Crippen molar-refractivity contribution in [3.63, 3.8) is 0 Å². The van der Waals surface area contributed by atoms with Gasteiger partial charge in [0, 0.05) is 18.8 Å². The highest BCUT2D eigenvalue weighted by Gasteiger charge is 2.33. The third-order valence-corrected chi connectivity index (χ3v) is 5.61. The van der Waals surface area contributed by atoms with Crippen LogP contribution >= 0.6 is 0 Å². The summed E-state index contributed by atoms with van der Waals surface area (Å²) in [6, 6.07) is 6.94. The van der Waals surface area contributed by atoms with Gasteiger partial charge in [-0.15, -0.1) is 0 Å². The molecule has 1 aromatic carbocycles. The molecule has 1 heterocycles. The highest BCUT2D eigenvalue weighted by molar-refractivity contribution is 7.89. The maximum absolute atomic E-state index is 12.2. The smallest absolute Gasteiger partial charge is 0.217 e. The van der Waals surface area contributed by atoms with Crippen LogP contribution in [0.15, 0.2) is 24.3 Å². The second kappa shape index (κ2) is 6.01. The lowest BCUT2D eigenvalue weighted by atomic mass is 10.0. The van der Waals surface area contributed by atoms with E-state index in [0.29, 0.717) is 36.4 Å². The summed E-state index contributed by atoms with van der Waals surface area (Å²) in [4.78, 5) is 0. The topological polar surface area (TPSA) is 72.6 Å². The molecular formula is C14H22N2O3S. The summed E-state index contributed by atoms with van der Waals surface area (Å²) >= 11 is 0. The summed E-state index contributed by atoms with van der Waals surface area (Å²) < 4.78 is 31.4. The van der Waals surface area contributed by atoms with E-state index in [0.717, 1.165) is 0 Å². The van der Waals surface area contributed by atoms with Crippen LogP contribution in [0.5, 0.6) is 5.75 Å². The molecule has 20 heavy (non-hydrogen) atoms. The third-order valence-electron chi connectivity index (χ3n) is 3.84. The van der Waals surface area contributed by atoms with Gasteiger partial charge in [0.15, 0.2) is 0 Å². The molecule has 1 aliphatic rings. The number of nitrogen functional groups attached to an aromatic ring is 1. The zero-order valence-corrected chi connectivity index (χ0v) is 12.8. The lowest BCUT2D eigenvalue weighted by molar-refractivity contribution is 0.336. The molecule has 0 spiro atoms. The molecule has 2 N–H and O–H groups in total. The van der Waals surface area contributed by atoms with Crippen molar-refractivity contribution in [3.8, 4) is 5.75 Å². The van der Waals surface area contributed by atoms with Gasteiger partial charge in [0.1, 0.15) is 12.4 Å². The number of sulfonamides is 1. The first-order chi connectivity index (χ1) is 9.38. The van der Waals surface area contributed by atoms with Crippen LogP contribution in [-0.4, -0.2) is 38.2 Å². The zero-order valence-electron chi connectivity index (χ0n) is 12.0. The summed E-state index contributed by atoms with van der Waals surface area (Å²) in [6.07, 6.45) is 0. The highest BCUT2D eigenvalue weighted by Crippen LogP contribution is 2.24. The molecule has 1 fully saturated rings. The maximum atomic E-state index is 12.2. The average Bonchev–Trinajstić information content (AvgIpc) is 2.73. The Labute approximate surface area is 120 Å². The molecule has 0 radical (unpaired) electrons. The Hall–Kier alpha value is -1.27. The Morgan fingerprint density at radius 3 is 2.30 bits per heavy atom. The standard InChI is InChI=1S/C14H22N2O3S/c1-11-9-16(10-12(11)2)20(17,18)8-7-19-14-5-3-13(15)4-6-14/h3-6,11-12H,7-10,15H2,1-2H3. The van der Waals surface area contributed by atoms with Crippen molar-refractivity contribution in [1.29, 1.82) is 0 Å². The van der Waals surface area contributed by atoms with Gasteiger partial charge in [-0.3, -0.25) is 0 Å². The largest absolute Gasteiger partial charge is 0.492 e. The molecule has 0 amide bonds. The van der Waals surface area contributed by atoms with Crippen molar-refractivity contribution in [3.05, 3.63) is 24.3 Å². The van der Waals surface area contributed by atoms with E-state index in [-0.39, 0.29) is 12.4 Å². The van der Waals surface area contributed by atoms with E-state index in [9.17, 15) is 8.42 Å². The number of rotatable bonds is 5. The number of benzene rings is 1. The van der Waals surface area contributed by atoms with E-state index >= 15 is 0 Å². The summed E-state index contributed by atoms with van der Waals surface area (Å²) in [5.74, 6) is 1.49. The van der Waals surface area contributed by atoms with Crippen LogP contribution in [0.2, 0.25) is 0 Å². The van der Waals surface area contributed by atoms with Gasteiger partial charge in [0.25, 0.3) is 0 Å². The Kier molecular flexibility index (Phi) is 4.55. The number of nitrogens with zero attached hydrogens (tertiary/aromatic N) is 1. The average molecular weight is 298 g/mol. The quantitative estimate of drug-likeness (QED) is 0.837. The monoisotopic (exact) mass is 298 g/mol. The van der Waals surface area contributed by atoms with E-state index in [1.54, 1.807) is 28.6 Å². The van der Waals surface area contributed by atoms with E-state index in [1.165, 1.54) is 0 Å². The fraction of sp³-hybridized carbons (Fsp3) is 0.571.